The molecule has 2 aromatic rings. The number of ether oxygens (including phenoxy) is 1. The molecule has 0 saturated heterocycles. The van der Waals surface area contributed by atoms with E-state index in [9.17, 15) is 9.18 Å². The van der Waals surface area contributed by atoms with Gasteiger partial charge in [0.25, 0.3) is 5.91 Å². The van der Waals surface area contributed by atoms with Gasteiger partial charge in [-0.15, -0.1) is 11.3 Å². The second-order valence-corrected chi connectivity index (χ2v) is 4.86. The van der Waals surface area contributed by atoms with Gasteiger partial charge in [0, 0.05) is 5.56 Å². The molecule has 0 spiro atoms. The van der Waals surface area contributed by atoms with Crippen LogP contribution < -0.4 is 16.0 Å². The van der Waals surface area contributed by atoms with E-state index in [2.05, 4.69) is 5.43 Å². The molecule has 0 bridgehead atoms. The lowest BCUT2D eigenvalue weighted by molar-refractivity contribution is 0.0955. The Labute approximate surface area is 114 Å². The number of halogens is 1. The van der Waals surface area contributed by atoms with Gasteiger partial charge in [0.1, 0.15) is 18.2 Å². The molecule has 2 rings (SSSR count). The lowest BCUT2D eigenvalue weighted by atomic mass is 10.2. The van der Waals surface area contributed by atoms with Crippen molar-refractivity contribution in [2.75, 3.05) is 0 Å². The number of thiophene rings is 1. The third-order valence-corrected chi connectivity index (χ3v) is 3.56. The number of carbonyl (C=O) groups is 1. The fraction of sp³-hybridized carbons (Fsp3) is 0.154. The SMILES string of the molecule is Cc1cc(F)ccc1OCc1ccsc1C(=O)NN. The van der Waals surface area contributed by atoms with Crippen molar-refractivity contribution in [3.05, 3.63) is 51.5 Å². The van der Waals surface area contributed by atoms with E-state index in [0.717, 1.165) is 5.56 Å². The fourth-order valence-electron chi connectivity index (χ4n) is 1.64. The molecule has 0 aliphatic carbocycles. The molecule has 0 aliphatic heterocycles. The topological polar surface area (TPSA) is 64.3 Å². The highest BCUT2D eigenvalue weighted by atomic mass is 32.1. The van der Waals surface area contributed by atoms with Gasteiger partial charge >= 0.3 is 0 Å². The van der Waals surface area contributed by atoms with E-state index < -0.39 is 0 Å². The summed E-state index contributed by atoms with van der Waals surface area (Å²) in [6, 6.07) is 6.10. The Bertz CT molecular complexity index is 598. The number of hydrogen-bond acceptors (Lipinski definition) is 4. The van der Waals surface area contributed by atoms with E-state index in [0.29, 0.717) is 16.2 Å². The van der Waals surface area contributed by atoms with Gasteiger partial charge in [-0.25, -0.2) is 10.2 Å². The monoisotopic (exact) mass is 280 g/mol. The minimum atomic E-state index is -0.343. The molecule has 1 aromatic heterocycles. The number of nitrogen functional groups attached to an aromatic ring is 1. The summed E-state index contributed by atoms with van der Waals surface area (Å²) >= 11 is 1.29. The Balaban J connectivity index is 2.10. The third kappa shape index (κ3) is 3.10. The Morgan fingerprint density at radius 2 is 2.26 bits per heavy atom. The molecule has 0 fully saturated rings. The average Bonchev–Trinajstić information content (AvgIpc) is 2.85. The van der Waals surface area contributed by atoms with Crippen LogP contribution in [0.5, 0.6) is 5.75 Å². The van der Waals surface area contributed by atoms with Crippen LogP contribution in [0.25, 0.3) is 0 Å². The first kappa shape index (κ1) is 13.5. The largest absolute Gasteiger partial charge is 0.489 e. The van der Waals surface area contributed by atoms with Crippen LogP contribution >= 0.6 is 11.3 Å². The number of hydrogen-bond donors (Lipinski definition) is 2. The molecule has 0 radical (unpaired) electrons. The van der Waals surface area contributed by atoms with Crippen molar-refractivity contribution in [3.8, 4) is 5.75 Å². The highest BCUT2D eigenvalue weighted by Crippen LogP contribution is 2.22. The highest BCUT2D eigenvalue weighted by molar-refractivity contribution is 7.12. The zero-order valence-electron chi connectivity index (χ0n) is 10.3. The first-order valence-electron chi connectivity index (χ1n) is 5.58. The number of nitrogens with one attached hydrogen (secondary N) is 1. The Hall–Kier alpha value is -1.92. The number of carbonyl (C=O) groups excluding carboxylic acids is 1. The van der Waals surface area contributed by atoms with Gasteiger partial charge < -0.3 is 4.74 Å². The van der Waals surface area contributed by atoms with Gasteiger partial charge in [0.15, 0.2) is 0 Å². The summed E-state index contributed by atoms with van der Waals surface area (Å²) in [4.78, 5) is 12.0. The van der Waals surface area contributed by atoms with Crippen molar-refractivity contribution in [2.45, 2.75) is 13.5 Å². The summed E-state index contributed by atoms with van der Waals surface area (Å²) in [6.45, 7) is 2.00. The Morgan fingerprint density at radius 3 is 2.95 bits per heavy atom. The van der Waals surface area contributed by atoms with Crippen LogP contribution in [-0.2, 0) is 6.61 Å². The van der Waals surface area contributed by atoms with E-state index >= 15 is 0 Å². The van der Waals surface area contributed by atoms with Crippen LogP contribution in [0.4, 0.5) is 4.39 Å². The number of benzene rings is 1. The standard InChI is InChI=1S/C13H13FN2O2S/c1-8-6-10(14)2-3-11(8)18-7-9-4-5-19-12(9)13(17)16-15/h2-6H,7,15H2,1H3,(H,16,17). The molecule has 0 unspecified atom stereocenters. The third-order valence-electron chi connectivity index (χ3n) is 2.60. The quantitative estimate of drug-likeness (QED) is 0.513. The van der Waals surface area contributed by atoms with Crippen LogP contribution in [0.1, 0.15) is 20.8 Å². The molecule has 100 valence electrons. The first-order valence-corrected chi connectivity index (χ1v) is 6.46. The maximum absolute atomic E-state index is 13.0. The summed E-state index contributed by atoms with van der Waals surface area (Å²) in [5.41, 5.74) is 3.55. The van der Waals surface area contributed by atoms with Crippen molar-refractivity contribution in [3.63, 3.8) is 0 Å². The second kappa shape index (κ2) is 5.81. The molecule has 1 aromatic carbocycles. The van der Waals surface area contributed by atoms with Crippen molar-refractivity contribution in [1.29, 1.82) is 0 Å². The van der Waals surface area contributed by atoms with Gasteiger partial charge in [-0.2, -0.15) is 0 Å². The highest BCUT2D eigenvalue weighted by Gasteiger charge is 2.12. The molecule has 4 nitrogen and oxygen atoms in total. The molecular weight excluding hydrogens is 267 g/mol. The summed E-state index contributed by atoms with van der Waals surface area (Å²) in [6.07, 6.45) is 0. The number of hydrazine groups is 1. The summed E-state index contributed by atoms with van der Waals surface area (Å²) in [7, 11) is 0. The minimum Gasteiger partial charge on any atom is -0.489 e. The molecule has 0 saturated carbocycles. The summed E-state index contributed by atoms with van der Waals surface area (Å²) < 4.78 is 18.5. The molecular formula is C13H13FN2O2S. The molecule has 0 aliphatic rings. The average molecular weight is 280 g/mol. The van der Waals surface area contributed by atoms with Crippen LogP contribution in [0.15, 0.2) is 29.6 Å². The van der Waals surface area contributed by atoms with Crippen molar-refractivity contribution >= 4 is 17.2 Å². The van der Waals surface area contributed by atoms with Crippen molar-refractivity contribution < 1.29 is 13.9 Å². The fourth-order valence-corrected chi connectivity index (χ4v) is 2.46. The van der Waals surface area contributed by atoms with E-state index in [1.54, 1.807) is 24.4 Å². The lowest BCUT2D eigenvalue weighted by Crippen LogP contribution is -2.30. The Morgan fingerprint density at radius 1 is 1.47 bits per heavy atom. The van der Waals surface area contributed by atoms with Crippen molar-refractivity contribution in [2.24, 2.45) is 5.84 Å². The first-order chi connectivity index (χ1) is 9.11. The number of amides is 1. The number of aryl methyl sites for hydroxylation is 1. The molecule has 19 heavy (non-hydrogen) atoms. The predicted octanol–water partition coefficient (Wildman–Crippen LogP) is 2.38. The Kier molecular flexibility index (Phi) is 4.13. The van der Waals surface area contributed by atoms with Gasteiger partial charge in [-0.1, -0.05) is 0 Å². The number of rotatable bonds is 4. The maximum atomic E-state index is 13.0. The van der Waals surface area contributed by atoms with Gasteiger partial charge in [-0.05, 0) is 42.1 Å². The zero-order chi connectivity index (χ0) is 13.8. The van der Waals surface area contributed by atoms with Crippen LogP contribution in [0.3, 0.4) is 0 Å². The normalized spacial score (nSPS) is 10.3. The lowest BCUT2D eigenvalue weighted by Gasteiger charge is -2.09. The maximum Gasteiger partial charge on any atom is 0.275 e. The van der Waals surface area contributed by atoms with Crippen molar-refractivity contribution in [1.82, 2.24) is 5.43 Å². The number of nitrogens with two attached hydrogens (primary N) is 1. The summed E-state index contributed by atoms with van der Waals surface area (Å²) in [5.74, 6) is 5.05. The smallest absolute Gasteiger partial charge is 0.275 e. The van der Waals surface area contributed by atoms with E-state index in [-0.39, 0.29) is 18.3 Å². The van der Waals surface area contributed by atoms with E-state index in [1.807, 2.05) is 0 Å². The molecule has 1 heterocycles. The molecule has 3 N–H and O–H groups in total. The summed E-state index contributed by atoms with van der Waals surface area (Å²) in [5, 5.41) is 1.79. The minimum absolute atomic E-state index is 0.235. The van der Waals surface area contributed by atoms with Gasteiger partial charge in [0.2, 0.25) is 0 Å². The van der Waals surface area contributed by atoms with Crippen LogP contribution in [0.2, 0.25) is 0 Å². The van der Waals surface area contributed by atoms with E-state index in [4.69, 9.17) is 10.6 Å². The van der Waals surface area contributed by atoms with Gasteiger partial charge in [-0.3, -0.25) is 10.2 Å². The van der Waals surface area contributed by atoms with Crippen LogP contribution in [-0.4, -0.2) is 5.91 Å². The molecule has 0 atom stereocenters. The van der Waals surface area contributed by atoms with Gasteiger partial charge in [0.05, 0.1) is 4.88 Å². The molecule has 1 amide bonds. The predicted molar refractivity (Wildman–Crippen MR) is 71.4 cm³/mol. The molecule has 6 heteroatoms. The zero-order valence-corrected chi connectivity index (χ0v) is 11.1. The van der Waals surface area contributed by atoms with Crippen LogP contribution in [0, 0.1) is 12.7 Å². The second-order valence-electron chi connectivity index (χ2n) is 3.95. The van der Waals surface area contributed by atoms with E-state index in [1.165, 1.54) is 23.5 Å².